The predicted molar refractivity (Wildman–Crippen MR) is 117 cm³/mol. The molecule has 2 aromatic carbocycles. The number of carboxylic acid groups (broad SMARTS) is 1. The van der Waals surface area contributed by atoms with Gasteiger partial charge in [-0.05, 0) is 37.3 Å². The van der Waals surface area contributed by atoms with Crippen LogP contribution in [0.5, 0.6) is 0 Å². The minimum absolute atomic E-state index is 0.152. The van der Waals surface area contributed by atoms with Gasteiger partial charge in [-0.25, -0.2) is 9.78 Å². The Morgan fingerprint density at radius 1 is 1.17 bits per heavy atom. The zero-order chi connectivity index (χ0) is 21.4. The Morgan fingerprint density at radius 3 is 2.67 bits per heavy atom. The van der Waals surface area contributed by atoms with Gasteiger partial charge in [0.2, 0.25) is 0 Å². The van der Waals surface area contributed by atoms with Gasteiger partial charge < -0.3 is 20.6 Å². The highest BCUT2D eigenvalue weighted by atomic mass is 35.5. The summed E-state index contributed by atoms with van der Waals surface area (Å²) in [7, 11) is 0. The molecule has 3 N–H and O–H groups in total. The van der Waals surface area contributed by atoms with Crippen LogP contribution in [0, 0.1) is 0 Å². The maximum absolute atomic E-state index is 13.0. The van der Waals surface area contributed by atoms with E-state index in [2.05, 4.69) is 4.98 Å². The highest BCUT2D eigenvalue weighted by molar-refractivity contribution is 6.35. The Morgan fingerprint density at radius 2 is 1.97 bits per heavy atom. The summed E-state index contributed by atoms with van der Waals surface area (Å²) in [5.41, 5.74) is 9.13. The van der Waals surface area contributed by atoms with Crippen LogP contribution < -0.4 is 5.73 Å². The van der Waals surface area contributed by atoms with Crippen molar-refractivity contribution in [2.24, 2.45) is 0 Å². The number of carbonyl (C=O) groups is 2. The number of aromatic nitrogens is 1. The van der Waals surface area contributed by atoms with Crippen molar-refractivity contribution < 1.29 is 14.7 Å². The van der Waals surface area contributed by atoms with Gasteiger partial charge in [-0.15, -0.1) is 0 Å². The van der Waals surface area contributed by atoms with Crippen molar-refractivity contribution in [3.8, 4) is 11.3 Å². The predicted octanol–water partition coefficient (Wildman–Crippen LogP) is 3.96. The number of halogens is 1. The number of benzene rings is 2. The van der Waals surface area contributed by atoms with E-state index in [0.29, 0.717) is 47.1 Å². The molecule has 2 heterocycles. The van der Waals surface area contributed by atoms with Crippen LogP contribution >= 0.6 is 11.6 Å². The molecule has 7 nitrogen and oxygen atoms in total. The molecule has 0 spiro atoms. The van der Waals surface area contributed by atoms with E-state index in [1.165, 1.54) is 4.90 Å². The number of nitrogens with two attached hydrogens (primary N) is 1. The number of rotatable bonds is 2. The minimum atomic E-state index is -0.965. The molecule has 3 aromatic rings. The van der Waals surface area contributed by atoms with Crippen LogP contribution in [0.4, 0.5) is 10.5 Å². The van der Waals surface area contributed by atoms with Crippen LogP contribution in [0.2, 0.25) is 5.02 Å². The zero-order valence-corrected chi connectivity index (χ0v) is 17.1. The molecule has 0 radical (unpaired) electrons. The summed E-state index contributed by atoms with van der Waals surface area (Å²) in [5.74, 6) is -0.152. The first-order valence-corrected chi connectivity index (χ1v) is 9.96. The van der Waals surface area contributed by atoms with E-state index in [9.17, 15) is 14.7 Å². The number of fused-ring (bicyclic) bond motifs is 1. The standard InChI is InChI=1S/C22H21ClN4O3/c1-13-12-26(7-8-27(13)22(29)30)21(28)15-5-6-17-18(23)11-19(25-20(17)10-15)14-3-2-4-16(24)9-14/h2-6,9-11,13H,7-8,12,24H2,1H3,(H,29,30). The number of piperazine rings is 1. The molecule has 1 saturated heterocycles. The monoisotopic (exact) mass is 424 g/mol. The summed E-state index contributed by atoms with van der Waals surface area (Å²) in [6, 6.07) is 14.1. The summed E-state index contributed by atoms with van der Waals surface area (Å²) < 4.78 is 0. The fourth-order valence-electron chi connectivity index (χ4n) is 3.77. The van der Waals surface area contributed by atoms with Gasteiger partial charge in [-0.3, -0.25) is 4.79 Å². The van der Waals surface area contributed by atoms with Gasteiger partial charge in [0.05, 0.1) is 16.2 Å². The van der Waals surface area contributed by atoms with E-state index >= 15 is 0 Å². The molecule has 1 aromatic heterocycles. The largest absolute Gasteiger partial charge is 0.465 e. The number of pyridine rings is 1. The summed E-state index contributed by atoms with van der Waals surface area (Å²) in [4.78, 5) is 32.0. The topological polar surface area (TPSA) is 99.8 Å². The zero-order valence-electron chi connectivity index (χ0n) is 16.4. The first kappa shape index (κ1) is 20.0. The van der Waals surface area contributed by atoms with E-state index in [1.807, 2.05) is 18.2 Å². The first-order chi connectivity index (χ1) is 14.3. The molecule has 0 bridgehead atoms. The van der Waals surface area contributed by atoms with Crippen LogP contribution in [-0.4, -0.2) is 57.6 Å². The van der Waals surface area contributed by atoms with Crippen molar-refractivity contribution >= 4 is 40.2 Å². The Labute approximate surface area is 178 Å². The molecular formula is C22H21ClN4O3. The van der Waals surface area contributed by atoms with Gasteiger partial charge in [0.25, 0.3) is 5.91 Å². The molecule has 1 atom stereocenters. The third-order valence-electron chi connectivity index (χ3n) is 5.35. The van der Waals surface area contributed by atoms with E-state index in [0.717, 1.165) is 10.9 Å². The Bertz CT molecular complexity index is 1150. The van der Waals surface area contributed by atoms with Gasteiger partial charge in [0, 0.05) is 47.9 Å². The van der Waals surface area contributed by atoms with Crippen molar-refractivity contribution in [3.05, 3.63) is 59.1 Å². The Balaban J connectivity index is 1.66. The second-order valence-corrected chi connectivity index (χ2v) is 7.83. The third-order valence-corrected chi connectivity index (χ3v) is 5.66. The fraction of sp³-hybridized carbons (Fsp3) is 0.227. The molecule has 4 rings (SSSR count). The summed E-state index contributed by atoms with van der Waals surface area (Å²) in [6.07, 6.45) is -0.965. The van der Waals surface area contributed by atoms with Crippen LogP contribution in [0.3, 0.4) is 0 Å². The number of carbonyl (C=O) groups excluding carboxylic acids is 1. The average Bonchev–Trinajstić information content (AvgIpc) is 2.72. The number of nitrogens with zero attached hydrogens (tertiary/aromatic N) is 3. The van der Waals surface area contributed by atoms with Crippen molar-refractivity contribution in [1.82, 2.24) is 14.8 Å². The molecule has 2 amide bonds. The van der Waals surface area contributed by atoms with E-state index < -0.39 is 6.09 Å². The van der Waals surface area contributed by atoms with Gasteiger partial charge in [-0.1, -0.05) is 29.8 Å². The van der Waals surface area contributed by atoms with Crippen molar-refractivity contribution in [3.63, 3.8) is 0 Å². The number of hydrogen-bond donors (Lipinski definition) is 2. The van der Waals surface area contributed by atoms with E-state index in [4.69, 9.17) is 17.3 Å². The molecule has 154 valence electrons. The van der Waals surface area contributed by atoms with E-state index in [1.54, 1.807) is 42.2 Å². The van der Waals surface area contributed by atoms with Crippen molar-refractivity contribution in [2.75, 3.05) is 25.4 Å². The molecule has 8 heteroatoms. The maximum atomic E-state index is 13.0. The lowest BCUT2D eigenvalue weighted by atomic mass is 10.1. The van der Waals surface area contributed by atoms with Crippen LogP contribution in [-0.2, 0) is 0 Å². The quantitative estimate of drug-likeness (QED) is 0.606. The lowest BCUT2D eigenvalue weighted by Crippen LogP contribution is -2.55. The average molecular weight is 425 g/mol. The highest BCUT2D eigenvalue weighted by Crippen LogP contribution is 2.30. The normalized spacial score (nSPS) is 16.7. The number of anilines is 1. The van der Waals surface area contributed by atoms with E-state index in [-0.39, 0.29) is 11.9 Å². The SMILES string of the molecule is CC1CN(C(=O)c2ccc3c(Cl)cc(-c4cccc(N)c4)nc3c2)CCN1C(=O)O. The lowest BCUT2D eigenvalue weighted by molar-refractivity contribution is 0.0507. The van der Waals surface area contributed by atoms with Crippen molar-refractivity contribution in [2.45, 2.75) is 13.0 Å². The smallest absolute Gasteiger partial charge is 0.407 e. The fourth-order valence-corrected chi connectivity index (χ4v) is 4.04. The summed E-state index contributed by atoms with van der Waals surface area (Å²) in [5, 5.41) is 10.5. The Hall–Kier alpha value is -3.32. The second-order valence-electron chi connectivity index (χ2n) is 7.42. The maximum Gasteiger partial charge on any atom is 0.407 e. The van der Waals surface area contributed by atoms with Crippen LogP contribution in [0.25, 0.3) is 22.2 Å². The molecule has 0 aliphatic carbocycles. The molecule has 1 unspecified atom stereocenters. The number of amides is 2. The van der Waals surface area contributed by atoms with Gasteiger partial charge in [0.1, 0.15) is 0 Å². The lowest BCUT2D eigenvalue weighted by Gasteiger charge is -2.38. The number of nitrogen functional groups attached to an aromatic ring is 1. The minimum Gasteiger partial charge on any atom is -0.465 e. The molecule has 1 fully saturated rings. The summed E-state index contributed by atoms with van der Waals surface area (Å²) in [6.45, 7) is 2.79. The molecule has 0 saturated carbocycles. The van der Waals surface area contributed by atoms with Gasteiger partial charge in [0.15, 0.2) is 0 Å². The van der Waals surface area contributed by atoms with Gasteiger partial charge in [-0.2, -0.15) is 0 Å². The van der Waals surface area contributed by atoms with Gasteiger partial charge >= 0.3 is 6.09 Å². The molecule has 1 aliphatic rings. The third kappa shape index (κ3) is 3.76. The molecular weight excluding hydrogens is 404 g/mol. The summed E-state index contributed by atoms with van der Waals surface area (Å²) >= 11 is 6.47. The second kappa shape index (κ2) is 7.84. The van der Waals surface area contributed by atoms with Crippen molar-refractivity contribution in [1.29, 1.82) is 0 Å². The first-order valence-electron chi connectivity index (χ1n) is 9.58. The Kier molecular flexibility index (Phi) is 5.22. The van der Waals surface area contributed by atoms with Crippen LogP contribution in [0.15, 0.2) is 48.5 Å². The number of hydrogen-bond acceptors (Lipinski definition) is 4. The highest BCUT2D eigenvalue weighted by Gasteiger charge is 2.30. The molecule has 1 aliphatic heterocycles. The molecule has 30 heavy (non-hydrogen) atoms. The van der Waals surface area contributed by atoms with Crippen LogP contribution in [0.1, 0.15) is 17.3 Å².